The summed E-state index contributed by atoms with van der Waals surface area (Å²) in [6.45, 7) is 0. The van der Waals surface area contributed by atoms with E-state index in [1.165, 1.54) is 23.9 Å². The summed E-state index contributed by atoms with van der Waals surface area (Å²) in [4.78, 5) is 32.1. The van der Waals surface area contributed by atoms with Crippen molar-refractivity contribution in [2.45, 2.75) is 29.4 Å². The first kappa shape index (κ1) is 21.5. The minimum Gasteiger partial charge on any atom is -0.310 e. The second kappa shape index (κ2) is 8.39. The molecule has 4 rings (SSSR count). The number of aromatic amines is 1. The number of H-pyrrole nitrogens is 1. The van der Waals surface area contributed by atoms with E-state index in [9.17, 15) is 22.8 Å². The fourth-order valence-electron chi connectivity index (χ4n) is 3.37. The van der Waals surface area contributed by atoms with Gasteiger partial charge in [-0.2, -0.15) is 13.2 Å². The van der Waals surface area contributed by atoms with Crippen molar-refractivity contribution in [3.8, 4) is 0 Å². The summed E-state index contributed by atoms with van der Waals surface area (Å²) in [6, 6.07) is 11.7. The summed E-state index contributed by atoms with van der Waals surface area (Å²) < 4.78 is 38.6. The van der Waals surface area contributed by atoms with E-state index in [1.807, 2.05) is 18.2 Å². The van der Waals surface area contributed by atoms with Crippen molar-refractivity contribution in [3.63, 3.8) is 0 Å². The van der Waals surface area contributed by atoms with Gasteiger partial charge in [0.25, 0.3) is 5.56 Å². The Bertz CT molecular complexity index is 1200. The van der Waals surface area contributed by atoms with E-state index >= 15 is 0 Å². The first-order chi connectivity index (χ1) is 14.7. The lowest BCUT2D eigenvalue weighted by Crippen LogP contribution is -2.31. The molecule has 160 valence electrons. The molecule has 1 aliphatic heterocycles. The lowest BCUT2D eigenvalue weighted by atomic mass is 9.86. The van der Waals surface area contributed by atoms with Crippen LogP contribution in [0.5, 0.6) is 0 Å². The van der Waals surface area contributed by atoms with Gasteiger partial charge in [-0.15, -0.1) is 0 Å². The van der Waals surface area contributed by atoms with Crippen molar-refractivity contribution in [2.75, 3.05) is 5.32 Å². The summed E-state index contributed by atoms with van der Waals surface area (Å²) >= 11 is 7.40. The number of alkyl halides is 3. The highest BCUT2D eigenvalue weighted by Gasteiger charge is 2.33. The van der Waals surface area contributed by atoms with Gasteiger partial charge in [0.15, 0.2) is 5.16 Å². The molecule has 1 atom stereocenters. The highest BCUT2D eigenvalue weighted by atomic mass is 35.5. The summed E-state index contributed by atoms with van der Waals surface area (Å²) in [5, 5.41) is 3.49. The number of rotatable bonds is 4. The molecule has 0 spiro atoms. The van der Waals surface area contributed by atoms with Crippen LogP contribution in [-0.4, -0.2) is 15.9 Å². The van der Waals surface area contributed by atoms with E-state index in [4.69, 9.17) is 11.6 Å². The third kappa shape index (κ3) is 4.62. The molecule has 0 aliphatic carbocycles. The quantitative estimate of drug-likeness (QED) is 0.410. The molecular formula is C21H15ClF3N3O2S. The van der Waals surface area contributed by atoms with Crippen molar-refractivity contribution in [1.82, 2.24) is 9.97 Å². The van der Waals surface area contributed by atoms with Crippen LogP contribution in [0, 0.1) is 0 Å². The largest absolute Gasteiger partial charge is 0.416 e. The number of anilines is 1. The molecule has 1 aromatic heterocycles. The maximum atomic E-state index is 12.9. The predicted octanol–water partition coefficient (Wildman–Crippen LogP) is 5.21. The van der Waals surface area contributed by atoms with Gasteiger partial charge in [-0.3, -0.25) is 9.59 Å². The van der Waals surface area contributed by atoms with Crippen molar-refractivity contribution in [1.29, 1.82) is 0 Å². The molecule has 5 nitrogen and oxygen atoms in total. The summed E-state index contributed by atoms with van der Waals surface area (Å²) in [5.74, 6) is -0.480. The molecule has 3 aromatic rings. The fourth-order valence-corrected chi connectivity index (χ4v) is 4.52. The SMILES string of the molecule is O=C1CC(c2ccc(C(F)(F)F)cc2)c2c(nc(SCc3ccccc3Cl)[nH]c2=O)N1. The van der Waals surface area contributed by atoms with Crippen LogP contribution in [0.1, 0.15) is 34.6 Å². The molecule has 0 bridgehead atoms. The van der Waals surface area contributed by atoms with E-state index < -0.39 is 23.2 Å². The van der Waals surface area contributed by atoms with Crippen molar-refractivity contribution < 1.29 is 18.0 Å². The maximum absolute atomic E-state index is 12.9. The van der Waals surface area contributed by atoms with Gasteiger partial charge in [0.05, 0.1) is 11.1 Å². The van der Waals surface area contributed by atoms with E-state index in [0.29, 0.717) is 21.5 Å². The van der Waals surface area contributed by atoms with Gasteiger partial charge < -0.3 is 10.3 Å². The zero-order valence-corrected chi connectivity index (χ0v) is 17.4. The van der Waals surface area contributed by atoms with E-state index in [0.717, 1.165) is 17.7 Å². The van der Waals surface area contributed by atoms with Crippen LogP contribution < -0.4 is 10.9 Å². The molecular weight excluding hydrogens is 451 g/mol. The fraction of sp³-hybridized carbons (Fsp3) is 0.190. The average molecular weight is 466 g/mol. The predicted molar refractivity (Wildman–Crippen MR) is 112 cm³/mol. The maximum Gasteiger partial charge on any atom is 0.416 e. The van der Waals surface area contributed by atoms with E-state index in [2.05, 4.69) is 15.3 Å². The first-order valence-electron chi connectivity index (χ1n) is 9.20. The third-order valence-electron chi connectivity index (χ3n) is 4.89. The summed E-state index contributed by atoms with van der Waals surface area (Å²) in [7, 11) is 0. The molecule has 2 N–H and O–H groups in total. The van der Waals surface area contributed by atoms with Crippen molar-refractivity contribution in [2.24, 2.45) is 0 Å². The molecule has 31 heavy (non-hydrogen) atoms. The molecule has 1 unspecified atom stereocenters. The van der Waals surface area contributed by atoms with Gasteiger partial charge in [-0.05, 0) is 29.3 Å². The van der Waals surface area contributed by atoms with Gasteiger partial charge in [-0.25, -0.2) is 4.98 Å². The number of fused-ring (bicyclic) bond motifs is 1. The van der Waals surface area contributed by atoms with Crippen LogP contribution in [0.2, 0.25) is 5.02 Å². The molecule has 10 heteroatoms. The van der Waals surface area contributed by atoms with Gasteiger partial charge in [0.2, 0.25) is 5.91 Å². The Kier molecular flexibility index (Phi) is 5.81. The molecule has 0 fully saturated rings. The molecule has 0 radical (unpaired) electrons. The summed E-state index contributed by atoms with van der Waals surface area (Å²) in [5.41, 5.74) is 0.280. The highest BCUT2D eigenvalue weighted by Crippen LogP contribution is 2.36. The Morgan fingerprint density at radius 1 is 1.10 bits per heavy atom. The third-order valence-corrected chi connectivity index (χ3v) is 6.18. The first-order valence-corrected chi connectivity index (χ1v) is 10.6. The molecule has 1 aliphatic rings. The lowest BCUT2D eigenvalue weighted by Gasteiger charge is -2.24. The Labute approximate surface area is 184 Å². The highest BCUT2D eigenvalue weighted by molar-refractivity contribution is 7.98. The van der Waals surface area contributed by atoms with Gasteiger partial charge in [0.1, 0.15) is 5.82 Å². The van der Waals surface area contributed by atoms with Crippen LogP contribution in [0.25, 0.3) is 0 Å². The number of thioether (sulfide) groups is 1. The number of nitrogens with one attached hydrogen (secondary N) is 2. The zero-order chi connectivity index (χ0) is 22.2. The van der Waals surface area contributed by atoms with Crippen molar-refractivity contribution in [3.05, 3.63) is 86.2 Å². The summed E-state index contributed by atoms with van der Waals surface area (Å²) in [6.07, 6.45) is -4.53. The molecule has 2 aromatic carbocycles. The minimum atomic E-state index is -4.47. The molecule has 2 heterocycles. The molecule has 0 saturated carbocycles. The normalized spacial score (nSPS) is 16.0. The smallest absolute Gasteiger partial charge is 0.310 e. The number of amides is 1. The standard InChI is InChI=1S/C21H15ClF3N3O2S/c22-15-4-2-1-3-12(15)10-31-20-27-18-17(19(30)28-20)14(9-16(29)26-18)11-5-7-13(8-6-11)21(23,24)25/h1-8,14H,9-10H2,(H2,26,27,28,29,30). The van der Waals surface area contributed by atoms with Gasteiger partial charge in [-0.1, -0.05) is 53.7 Å². The number of carbonyl (C=O) groups excluding carboxylic acids is 1. The van der Waals surface area contributed by atoms with Gasteiger partial charge >= 0.3 is 6.18 Å². The van der Waals surface area contributed by atoms with E-state index in [-0.39, 0.29) is 23.7 Å². The topological polar surface area (TPSA) is 74.8 Å². The number of carbonyl (C=O) groups is 1. The number of hydrogen-bond donors (Lipinski definition) is 2. The van der Waals surface area contributed by atoms with Crippen LogP contribution in [0.4, 0.5) is 19.0 Å². The number of halogens is 4. The number of aromatic nitrogens is 2. The Morgan fingerprint density at radius 3 is 2.48 bits per heavy atom. The van der Waals surface area contributed by atoms with Crippen LogP contribution in [0.3, 0.4) is 0 Å². The Balaban J connectivity index is 1.64. The van der Waals surface area contributed by atoms with Crippen LogP contribution >= 0.6 is 23.4 Å². The second-order valence-corrected chi connectivity index (χ2v) is 8.31. The number of hydrogen-bond acceptors (Lipinski definition) is 4. The van der Waals surface area contributed by atoms with Crippen LogP contribution in [-0.2, 0) is 16.7 Å². The Morgan fingerprint density at radius 2 is 1.81 bits per heavy atom. The monoisotopic (exact) mass is 465 g/mol. The van der Waals surface area contributed by atoms with Gasteiger partial charge in [0, 0.05) is 23.1 Å². The zero-order valence-electron chi connectivity index (χ0n) is 15.8. The lowest BCUT2D eigenvalue weighted by molar-refractivity contribution is -0.137. The second-order valence-electron chi connectivity index (χ2n) is 6.94. The number of benzene rings is 2. The Hall–Kier alpha value is -2.78. The molecule has 0 saturated heterocycles. The number of nitrogens with zero attached hydrogens (tertiary/aromatic N) is 1. The minimum absolute atomic E-state index is 0.0603. The van der Waals surface area contributed by atoms with Crippen LogP contribution in [0.15, 0.2) is 58.5 Å². The molecule has 1 amide bonds. The van der Waals surface area contributed by atoms with E-state index in [1.54, 1.807) is 6.07 Å². The average Bonchev–Trinajstić information content (AvgIpc) is 2.72. The van der Waals surface area contributed by atoms with Crippen molar-refractivity contribution >= 4 is 35.1 Å².